The van der Waals surface area contributed by atoms with E-state index in [1.165, 1.54) is 12.3 Å². The average Bonchev–Trinajstić information content (AvgIpc) is 2.50. The predicted octanol–water partition coefficient (Wildman–Crippen LogP) is 3.29. The summed E-state index contributed by atoms with van der Waals surface area (Å²) in [6.07, 6.45) is 0.941. The minimum Gasteiger partial charge on any atom is -0.410 e. The molecule has 1 atom stereocenters. The van der Waals surface area contributed by atoms with Crippen molar-refractivity contribution in [2.75, 3.05) is 0 Å². The highest BCUT2D eigenvalue weighted by molar-refractivity contribution is 6.29. The SMILES string of the molecule is O=CCC(NC(=O)Oc1ccccc1)c1ccnc(Cl)c1F. The van der Waals surface area contributed by atoms with Crippen LogP contribution >= 0.6 is 11.6 Å². The molecule has 1 N–H and O–H groups in total. The Morgan fingerprint density at radius 3 is 2.77 bits per heavy atom. The Hall–Kier alpha value is -2.47. The van der Waals surface area contributed by atoms with Gasteiger partial charge in [0, 0.05) is 18.2 Å². The fourth-order valence-electron chi connectivity index (χ4n) is 1.83. The molecule has 7 heteroatoms. The van der Waals surface area contributed by atoms with Crippen LogP contribution in [0.15, 0.2) is 42.6 Å². The molecule has 0 aliphatic heterocycles. The van der Waals surface area contributed by atoms with Crippen LogP contribution in [-0.4, -0.2) is 17.4 Å². The molecule has 1 heterocycles. The summed E-state index contributed by atoms with van der Waals surface area (Å²) in [7, 11) is 0. The molecule has 1 unspecified atom stereocenters. The standard InChI is InChI=1S/C15H12ClFN2O3/c16-14-13(17)11(6-8-18-14)12(7-9-20)19-15(21)22-10-4-2-1-3-5-10/h1-6,8-9,12H,7H2,(H,19,21). The van der Waals surface area contributed by atoms with Gasteiger partial charge in [-0.3, -0.25) is 0 Å². The number of aromatic nitrogens is 1. The summed E-state index contributed by atoms with van der Waals surface area (Å²) < 4.78 is 19.0. The Morgan fingerprint density at radius 2 is 2.09 bits per heavy atom. The second kappa shape index (κ2) is 7.51. The van der Waals surface area contributed by atoms with Gasteiger partial charge in [0.2, 0.25) is 0 Å². The van der Waals surface area contributed by atoms with Gasteiger partial charge < -0.3 is 14.8 Å². The van der Waals surface area contributed by atoms with Gasteiger partial charge in [0.25, 0.3) is 0 Å². The van der Waals surface area contributed by atoms with E-state index in [9.17, 15) is 14.0 Å². The van der Waals surface area contributed by atoms with Gasteiger partial charge in [-0.2, -0.15) is 0 Å². The van der Waals surface area contributed by atoms with Crippen LogP contribution in [0.1, 0.15) is 18.0 Å². The summed E-state index contributed by atoms with van der Waals surface area (Å²) in [4.78, 5) is 26.2. The summed E-state index contributed by atoms with van der Waals surface area (Å²) in [6.45, 7) is 0. The molecule has 114 valence electrons. The number of amides is 1. The van der Waals surface area contributed by atoms with E-state index in [1.807, 2.05) is 0 Å². The molecule has 0 saturated carbocycles. The summed E-state index contributed by atoms with van der Waals surface area (Å²) in [5, 5.41) is 2.10. The van der Waals surface area contributed by atoms with Gasteiger partial charge in [-0.05, 0) is 18.2 Å². The number of aldehydes is 1. The number of nitrogens with zero attached hydrogens (tertiary/aromatic N) is 1. The van der Waals surface area contributed by atoms with Crippen molar-refractivity contribution in [3.05, 3.63) is 59.1 Å². The quantitative estimate of drug-likeness (QED) is 0.677. The normalized spacial score (nSPS) is 11.5. The van der Waals surface area contributed by atoms with Gasteiger partial charge in [-0.15, -0.1) is 0 Å². The molecule has 1 aromatic carbocycles. The van der Waals surface area contributed by atoms with Gasteiger partial charge >= 0.3 is 6.09 Å². The predicted molar refractivity (Wildman–Crippen MR) is 78.2 cm³/mol. The number of para-hydroxylation sites is 1. The Kier molecular flexibility index (Phi) is 5.43. The smallest absolute Gasteiger partial charge is 0.410 e. The van der Waals surface area contributed by atoms with Crippen molar-refractivity contribution in [3.8, 4) is 5.75 Å². The lowest BCUT2D eigenvalue weighted by molar-refractivity contribution is -0.108. The van der Waals surface area contributed by atoms with E-state index in [1.54, 1.807) is 30.3 Å². The number of nitrogens with one attached hydrogen (secondary N) is 1. The van der Waals surface area contributed by atoms with E-state index in [-0.39, 0.29) is 17.1 Å². The third-order valence-electron chi connectivity index (χ3n) is 2.83. The summed E-state index contributed by atoms with van der Waals surface area (Å²) in [5.74, 6) is -0.450. The van der Waals surface area contributed by atoms with Crippen LogP contribution in [-0.2, 0) is 4.79 Å². The van der Waals surface area contributed by atoms with Gasteiger partial charge in [0.15, 0.2) is 11.0 Å². The molecular formula is C15H12ClFN2O3. The molecule has 22 heavy (non-hydrogen) atoms. The number of benzene rings is 1. The molecule has 2 aromatic rings. The number of rotatable bonds is 5. The number of hydrogen-bond donors (Lipinski definition) is 1. The van der Waals surface area contributed by atoms with Gasteiger partial charge in [-0.1, -0.05) is 29.8 Å². The second-order valence-electron chi connectivity index (χ2n) is 4.31. The van der Waals surface area contributed by atoms with Crippen molar-refractivity contribution >= 4 is 24.0 Å². The lowest BCUT2D eigenvalue weighted by Crippen LogP contribution is -2.32. The van der Waals surface area contributed by atoms with Crippen LogP contribution in [0.5, 0.6) is 5.75 Å². The van der Waals surface area contributed by atoms with Gasteiger partial charge in [0.1, 0.15) is 12.0 Å². The number of ether oxygens (including phenoxy) is 1. The van der Waals surface area contributed by atoms with Crippen LogP contribution in [0.3, 0.4) is 0 Å². The maximum Gasteiger partial charge on any atom is 0.413 e. The van der Waals surface area contributed by atoms with Crippen LogP contribution in [0, 0.1) is 5.82 Å². The van der Waals surface area contributed by atoms with E-state index in [0.717, 1.165) is 0 Å². The Bertz CT molecular complexity index is 667. The van der Waals surface area contributed by atoms with Crippen molar-refractivity contribution in [1.82, 2.24) is 10.3 Å². The molecule has 0 aliphatic rings. The fourth-order valence-corrected chi connectivity index (χ4v) is 1.99. The molecule has 0 fully saturated rings. The third-order valence-corrected chi connectivity index (χ3v) is 3.09. The molecule has 0 aliphatic carbocycles. The molecule has 0 bridgehead atoms. The molecule has 2 rings (SSSR count). The zero-order chi connectivity index (χ0) is 15.9. The first kappa shape index (κ1) is 15.9. The molecule has 0 spiro atoms. The summed E-state index contributed by atoms with van der Waals surface area (Å²) >= 11 is 5.61. The highest BCUT2D eigenvalue weighted by Crippen LogP contribution is 2.23. The highest BCUT2D eigenvalue weighted by Gasteiger charge is 2.21. The number of carbonyl (C=O) groups excluding carboxylic acids is 2. The van der Waals surface area contributed by atoms with Crippen LogP contribution in [0.2, 0.25) is 5.15 Å². The van der Waals surface area contributed by atoms with Crippen molar-refractivity contribution in [3.63, 3.8) is 0 Å². The van der Waals surface area contributed by atoms with E-state index in [0.29, 0.717) is 12.0 Å². The van der Waals surface area contributed by atoms with E-state index < -0.39 is 18.0 Å². The maximum absolute atomic E-state index is 13.9. The van der Waals surface area contributed by atoms with E-state index in [2.05, 4.69) is 10.3 Å². The minimum atomic E-state index is -0.894. The van der Waals surface area contributed by atoms with E-state index >= 15 is 0 Å². The second-order valence-corrected chi connectivity index (χ2v) is 4.66. The molecule has 5 nitrogen and oxygen atoms in total. The number of carbonyl (C=O) groups is 2. The minimum absolute atomic E-state index is 0.0668. The first-order valence-electron chi connectivity index (χ1n) is 6.38. The third kappa shape index (κ3) is 4.02. The maximum atomic E-state index is 13.9. The van der Waals surface area contributed by atoms with Crippen LogP contribution < -0.4 is 10.1 Å². The lowest BCUT2D eigenvalue weighted by atomic mass is 10.1. The van der Waals surface area contributed by atoms with Crippen molar-refractivity contribution in [2.24, 2.45) is 0 Å². The summed E-state index contributed by atoms with van der Waals surface area (Å²) in [6, 6.07) is 8.82. The van der Waals surface area contributed by atoms with Crippen LogP contribution in [0.4, 0.5) is 9.18 Å². The molecule has 1 aromatic heterocycles. The van der Waals surface area contributed by atoms with Gasteiger partial charge in [0.05, 0.1) is 6.04 Å². The Labute approximate surface area is 131 Å². The Morgan fingerprint density at radius 1 is 1.36 bits per heavy atom. The lowest BCUT2D eigenvalue weighted by Gasteiger charge is -2.17. The fraction of sp³-hybridized carbons (Fsp3) is 0.133. The molecular weight excluding hydrogens is 311 g/mol. The first-order chi connectivity index (χ1) is 10.6. The largest absolute Gasteiger partial charge is 0.413 e. The first-order valence-corrected chi connectivity index (χ1v) is 6.76. The van der Waals surface area contributed by atoms with E-state index in [4.69, 9.17) is 16.3 Å². The zero-order valence-electron chi connectivity index (χ0n) is 11.3. The zero-order valence-corrected chi connectivity index (χ0v) is 12.1. The number of halogens is 2. The van der Waals surface area contributed by atoms with Crippen molar-refractivity contribution < 1.29 is 18.7 Å². The molecule has 0 saturated heterocycles. The number of pyridine rings is 1. The topological polar surface area (TPSA) is 68.3 Å². The van der Waals surface area contributed by atoms with Crippen molar-refractivity contribution in [1.29, 1.82) is 0 Å². The summed E-state index contributed by atoms with van der Waals surface area (Å²) in [5.41, 5.74) is 0.0668. The number of hydrogen-bond acceptors (Lipinski definition) is 4. The van der Waals surface area contributed by atoms with Crippen molar-refractivity contribution in [2.45, 2.75) is 12.5 Å². The highest BCUT2D eigenvalue weighted by atomic mass is 35.5. The monoisotopic (exact) mass is 322 g/mol. The molecule has 0 radical (unpaired) electrons. The molecule has 1 amide bonds. The van der Waals surface area contributed by atoms with Gasteiger partial charge in [-0.25, -0.2) is 14.2 Å². The Balaban J connectivity index is 2.13. The average molecular weight is 323 g/mol. The van der Waals surface area contributed by atoms with Crippen LogP contribution in [0.25, 0.3) is 0 Å².